The Labute approximate surface area is 200 Å². The number of benzene rings is 3. The molecule has 0 saturated carbocycles. The molecule has 0 aliphatic rings. The molecular formula is C24H20ClN5O2S. The molecule has 7 nitrogen and oxygen atoms in total. The fourth-order valence-corrected chi connectivity index (χ4v) is 3.95. The second-order valence-corrected chi connectivity index (χ2v) is 8.57. The Morgan fingerprint density at radius 2 is 1.94 bits per heavy atom. The first kappa shape index (κ1) is 22.6. The van der Waals surface area contributed by atoms with Crippen molar-refractivity contribution in [2.45, 2.75) is 12.1 Å². The van der Waals surface area contributed by atoms with Crippen molar-refractivity contribution in [1.82, 2.24) is 15.6 Å². The first-order valence-electron chi connectivity index (χ1n) is 10.0. The molecule has 4 rings (SSSR count). The maximum Gasteiger partial charge on any atom is 0.342 e. The predicted molar refractivity (Wildman–Crippen MR) is 128 cm³/mol. The average molecular weight is 478 g/mol. The number of hydrogen-bond donors (Lipinski definition) is 2. The van der Waals surface area contributed by atoms with Crippen molar-refractivity contribution in [3.63, 3.8) is 0 Å². The lowest BCUT2D eigenvalue weighted by atomic mass is 10.1. The Kier molecular flexibility index (Phi) is 7.07. The number of aryl methyl sites for hydroxylation is 1. The predicted octanol–water partition coefficient (Wildman–Crippen LogP) is 3.63. The van der Waals surface area contributed by atoms with Gasteiger partial charge in [-0.05, 0) is 60.6 Å². The van der Waals surface area contributed by atoms with Crippen LogP contribution in [0.4, 0.5) is 0 Å². The van der Waals surface area contributed by atoms with Gasteiger partial charge in [-0.3, -0.25) is 4.79 Å². The number of aromatic nitrogens is 3. The molecule has 0 saturated heterocycles. The molecule has 33 heavy (non-hydrogen) atoms. The van der Waals surface area contributed by atoms with Gasteiger partial charge < -0.3 is 5.11 Å². The van der Waals surface area contributed by atoms with Crippen molar-refractivity contribution in [3.05, 3.63) is 88.9 Å². The Balaban J connectivity index is 1.51. The molecule has 0 spiro atoms. The highest BCUT2D eigenvalue weighted by Crippen LogP contribution is 2.21. The van der Waals surface area contributed by atoms with Gasteiger partial charge in [0.15, 0.2) is 0 Å². The van der Waals surface area contributed by atoms with E-state index in [9.17, 15) is 9.90 Å². The largest absolute Gasteiger partial charge is 0.872 e. The maximum atomic E-state index is 12.3. The monoisotopic (exact) mass is 477 g/mol. The molecule has 0 bridgehead atoms. The molecule has 4 aromatic rings. The van der Waals surface area contributed by atoms with Gasteiger partial charge in [-0.2, -0.15) is 9.67 Å². The van der Waals surface area contributed by atoms with Crippen LogP contribution in [0, 0.1) is 6.92 Å². The normalized spacial score (nSPS) is 11.1. The SMILES string of the molecule is Cc1ccc(-c2[nH]nc(SCC(=O)N/N=C/c3cccc([O-])c3)[n+]2-c2ccc(Cl)cc2)cc1. The first-order chi connectivity index (χ1) is 16.0. The van der Waals surface area contributed by atoms with E-state index < -0.39 is 0 Å². The van der Waals surface area contributed by atoms with Crippen LogP contribution in [0.15, 0.2) is 83.1 Å². The van der Waals surface area contributed by atoms with Crippen molar-refractivity contribution in [3.8, 4) is 22.8 Å². The third kappa shape index (κ3) is 5.79. The minimum Gasteiger partial charge on any atom is -0.872 e. The van der Waals surface area contributed by atoms with E-state index in [1.807, 2.05) is 60.0 Å². The van der Waals surface area contributed by atoms with Gasteiger partial charge in [-0.25, -0.2) is 5.43 Å². The molecule has 3 aromatic carbocycles. The van der Waals surface area contributed by atoms with E-state index >= 15 is 0 Å². The number of halogens is 1. The van der Waals surface area contributed by atoms with Crippen molar-refractivity contribution >= 4 is 35.5 Å². The van der Waals surface area contributed by atoms with Crippen LogP contribution >= 0.6 is 23.4 Å². The quantitative estimate of drug-likeness (QED) is 0.184. The van der Waals surface area contributed by atoms with Gasteiger partial charge in [0.05, 0.1) is 22.6 Å². The van der Waals surface area contributed by atoms with E-state index in [0.717, 1.165) is 22.6 Å². The Morgan fingerprint density at radius 1 is 1.18 bits per heavy atom. The summed E-state index contributed by atoms with van der Waals surface area (Å²) in [5, 5.41) is 24.1. The molecule has 1 heterocycles. The Morgan fingerprint density at radius 3 is 2.67 bits per heavy atom. The molecular weight excluding hydrogens is 458 g/mol. The summed E-state index contributed by atoms with van der Waals surface area (Å²) < 4.78 is 1.95. The smallest absolute Gasteiger partial charge is 0.342 e. The van der Waals surface area contributed by atoms with Gasteiger partial charge in [0.1, 0.15) is 5.69 Å². The highest BCUT2D eigenvalue weighted by Gasteiger charge is 2.24. The summed E-state index contributed by atoms with van der Waals surface area (Å²) in [4.78, 5) is 12.3. The summed E-state index contributed by atoms with van der Waals surface area (Å²) in [6.45, 7) is 2.03. The first-order valence-corrected chi connectivity index (χ1v) is 11.4. The Hall–Kier alpha value is -3.62. The fraction of sp³-hybridized carbons (Fsp3) is 0.0833. The second kappa shape index (κ2) is 10.3. The van der Waals surface area contributed by atoms with Crippen LogP contribution in [0.25, 0.3) is 17.1 Å². The number of carbonyl (C=O) groups excluding carboxylic acids is 1. The topological polar surface area (TPSA) is 97.1 Å². The summed E-state index contributed by atoms with van der Waals surface area (Å²) in [6.07, 6.45) is 1.43. The third-order valence-electron chi connectivity index (χ3n) is 4.68. The summed E-state index contributed by atoms with van der Waals surface area (Å²) in [6, 6.07) is 21.8. The molecule has 166 valence electrons. The third-order valence-corrected chi connectivity index (χ3v) is 5.87. The molecule has 0 aliphatic carbocycles. The van der Waals surface area contributed by atoms with Crippen molar-refractivity contribution < 1.29 is 14.5 Å². The summed E-state index contributed by atoms with van der Waals surface area (Å²) in [5.41, 5.74) is 6.08. The van der Waals surface area contributed by atoms with E-state index in [1.54, 1.807) is 12.1 Å². The van der Waals surface area contributed by atoms with Gasteiger partial charge in [0.25, 0.3) is 11.7 Å². The van der Waals surface area contributed by atoms with Gasteiger partial charge in [-0.15, -0.1) is 10.8 Å². The van der Waals surface area contributed by atoms with Gasteiger partial charge in [0, 0.05) is 5.02 Å². The molecule has 0 fully saturated rings. The zero-order valence-corrected chi connectivity index (χ0v) is 19.2. The standard InChI is InChI=1S/C24H20ClN5O2S/c1-16-5-7-18(8-6-16)23-28-29-24(30(23)20-11-9-19(25)10-12-20)33-15-22(32)27-26-14-17-3-2-4-21(31)13-17/h2-14H,15H2,1H3,(H2,27,31,32)/b26-14+. The molecule has 1 aromatic heterocycles. The molecule has 0 atom stereocenters. The molecule has 0 aliphatic heterocycles. The zero-order valence-electron chi connectivity index (χ0n) is 17.7. The van der Waals surface area contributed by atoms with Gasteiger partial charge >= 0.3 is 5.16 Å². The van der Waals surface area contributed by atoms with Crippen LogP contribution in [-0.4, -0.2) is 28.1 Å². The molecule has 0 unspecified atom stereocenters. The minimum absolute atomic E-state index is 0.102. The van der Waals surface area contributed by atoms with Crippen LogP contribution in [0.3, 0.4) is 0 Å². The average Bonchev–Trinajstić information content (AvgIpc) is 3.23. The lowest BCUT2D eigenvalue weighted by Crippen LogP contribution is -2.34. The number of nitrogens with one attached hydrogen (secondary N) is 2. The van der Waals surface area contributed by atoms with Crippen LogP contribution < -0.4 is 15.1 Å². The molecule has 2 N–H and O–H groups in total. The number of carbonyl (C=O) groups is 1. The maximum absolute atomic E-state index is 12.3. The minimum atomic E-state index is -0.294. The van der Waals surface area contributed by atoms with Crippen molar-refractivity contribution in [1.29, 1.82) is 0 Å². The van der Waals surface area contributed by atoms with Crippen molar-refractivity contribution in [2.24, 2.45) is 5.10 Å². The Bertz CT molecular complexity index is 1290. The molecule has 1 amide bonds. The van der Waals surface area contributed by atoms with Crippen LogP contribution in [0.1, 0.15) is 11.1 Å². The number of rotatable bonds is 7. The van der Waals surface area contributed by atoms with Crippen LogP contribution in [-0.2, 0) is 4.79 Å². The number of amides is 1. The molecule has 9 heteroatoms. The number of aromatic amines is 1. The number of hydrazone groups is 1. The number of hydrogen-bond acceptors (Lipinski definition) is 5. The summed E-state index contributed by atoms with van der Waals surface area (Å²) in [7, 11) is 0. The summed E-state index contributed by atoms with van der Waals surface area (Å²) >= 11 is 7.34. The fourth-order valence-electron chi connectivity index (χ4n) is 3.06. The van der Waals surface area contributed by atoms with Gasteiger partial charge in [0.2, 0.25) is 0 Å². The van der Waals surface area contributed by atoms with Crippen molar-refractivity contribution in [2.75, 3.05) is 5.75 Å². The lowest BCUT2D eigenvalue weighted by Gasteiger charge is -2.05. The number of thioether (sulfide) groups is 1. The highest BCUT2D eigenvalue weighted by molar-refractivity contribution is 7.99. The van der Waals surface area contributed by atoms with E-state index in [2.05, 4.69) is 20.7 Å². The lowest BCUT2D eigenvalue weighted by molar-refractivity contribution is -0.625. The van der Waals surface area contributed by atoms with E-state index in [4.69, 9.17) is 11.6 Å². The highest BCUT2D eigenvalue weighted by atomic mass is 35.5. The van der Waals surface area contributed by atoms with E-state index in [-0.39, 0.29) is 17.4 Å². The van der Waals surface area contributed by atoms with E-state index in [1.165, 1.54) is 30.1 Å². The molecule has 0 radical (unpaired) electrons. The summed E-state index contributed by atoms with van der Waals surface area (Å²) in [5.74, 6) is 0.480. The zero-order chi connectivity index (χ0) is 23.2. The second-order valence-electron chi connectivity index (χ2n) is 7.19. The van der Waals surface area contributed by atoms with Crippen LogP contribution in [0.5, 0.6) is 5.75 Å². The van der Waals surface area contributed by atoms with E-state index in [0.29, 0.717) is 15.7 Å². The van der Waals surface area contributed by atoms with Crippen LogP contribution in [0.2, 0.25) is 5.02 Å². The van der Waals surface area contributed by atoms with Gasteiger partial charge in [-0.1, -0.05) is 53.6 Å². The number of nitrogens with zero attached hydrogens (tertiary/aromatic N) is 3. The number of H-pyrrole nitrogens is 1.